The van der Waals surface area contributed by atoms with Gasteiger partial charge in [0.05, 0.1) is 12.3 Å². The molecular formula is C11H19N3O3. The first-order valence-corrected chi connectivity index (χ1v) is 5.69. The molecule has 0 spiro atoms. The molecule has 0 aliphatic carbocycles. The molecule has 0 bridgehead atoms. The SMILES string of the molecule is CC(C)C(CN)C(=O)NC1CC(=O)N(C)C1=O. The van der Waals surface area contributed by atoms with Gasteiger partial charge in [0.2, 0.25) is 11.8 Å². The number of amides is 3. The zero-order valence-electron chi connectivity index (χ0n) is 10.4. The van der Waals surface area contributed by atoms with Crippen molar-refractivity contribution in [1.29, 1.82) is 0 Å². The van der Waals surface area contributed by atoms with Crippen LogP contribution in [0.25, 0.3) is 0 Å². The largest absolute Gasteiger partial charge is 0.343 e. The quantitative estimate of drug-likeness (QED) is 0.623. The number of carbonyl (C=O) groups is 3. The monoisotopic (exact) mass is 241 g/mol. The molecule has 17 heavy (non-hydrogen) atoms. The summed E-state index contributed by atoms with van der Waals surface area (Å²) in [6, 6.07) is -0.729. The molecule has 2 unspecified atom stereocenters. The summed E-state index contributed by atoms with van der Waals surface area (Å²) in [5.41, 5.74) is 5.51. The molecule has 1 fully saturated rings. The number of carbonyl (C=O) groups excluding carboxylic acids is 3. The van der Waals surface area contributed by atoms with Gasteiger partial charge >= 0.3 is 0 Å². The van der Waals surface area contributed by atoms with Gasteiger partial charge in [0.25, 0.3) is 5.91 Å². The number of likely N-dealkylation sites (tertiary alicyclic amines) is 1. The Morgan fingerprint density at radius 1 is 1.53 bits per heavy atom. The molecule has 1 aliphatic rings. The fourth-order valence-corrected chi connectivity index (χ4v) is 1.83. The van der Waals surface area contributed by atoms with Crippen LogP contribution in [0, 0.1) is 11.8 Å². The summed E-state index contributed by atoms with van der Waals surface area (Å²) >= 11 is 0. The highest BCUT2D eigenvalue weighted by Crippen LogP contribution is 2.14. The van der Waals surface area contributed by atoms with E-state index >= 15 is 0 Å². The Hall–Kier alpha value is -1.43. The zero-order valence-corrected chi connectivity index (χ0v) is 10.4. The summed E-state index contributed by atoms with van der Waals surface area (Å²) in [7, 11) is 1.42. The van der Waals surface area contributed by atoms with Crippen molar-refractivity contribution in [1.82, 2.24) is 10.2 Å². The molecule has 0 aromatic carbocycles. The third-order valence-electron chi connectivity index (χ3n) is 3.09. The first-order valence-electron chi connectivity index (χ1n) is 5.69. The van der Waals surface area contributed by atoms with E-state index in [2.05, 4.69) is 5.32 Å². The van der Waals surface area contributed by atoms with Crippen molar-refractivity contribution in [2.75, 3.05) is 13.6 Å². The molecule has 3 N–H and O–H groups in total. The molecule has 3 amide bonds. The van der Waals surface area contributed by atoms with E-state index in [-0.39, 0.29) is 42.5 Å². The number of likely N-dealkylation sites (N-methyl/N-ethyl adjacent to an activating group) is 1. The summed E-state index contributed by atoms with van der Waals surface area (Å²) in [6.07, 6.45) is 0.0382. The lowest BCUT2D eigenvalue weighted by molar-refractivity contribution is -0.138. The number of hydrogen-bond donors (Lipinski definition) is 2. The fourth-order valence-electron chi connectivity index (χ4n) is 1.83. The number of rotatable bonds is 4. The molecule has 0 aromatic heterocycles. The minimum absolute atomic E-state index is 0.0382. The van der Waals surface area contributed by atoms with Crippen LogP contribution in [0.4, 0.5) is 0 Å². The van der Waals surface area contributed by atoms with Crippen LogP contribution in [0.15, 0.2) is 0 Å². The lowest BCUT2D eigenvalue weighted by Crippen LogP contribution is -2.46. The highest BCUT2D eigenvalue weighted by Gasteiger charge is 2.38. The second kappa shape index (κ2) is 5.27. The third-order valence-corrected chi connectivity index (χ3v) is 3.09. The Bertz CT molecular complexity index is 341. The van der Waals surface area contributed by atoms with Gasteiger partial charge in [-0.05, 0) is 5.92 Å². The Kier molecular flexibility index (Phi) is 4.22. The van der Waals surface area contributed by atoms with Crippen molar-refractivity contribution in [3.63, 3.8) is 0 Å². The molecule has 2 atom stereocenters. The van der Waals surface area contributed by atoms with E-state index in [9.17, 15) is 14.4 Å². The predicted molar refractivity (Wildman–Crippen MR) is 61.7 cm³/mol. The normalized spacial score (nSPS) is 22.2. The Labute approximate surface area is 101 Å². The van der Waals surface area contributed by atoms with E-state index in [0.717, 1.165) is 4.90 Å². The van der Waals surface area contributed by atoms with Gasteiger partial charge < -0.3 is 11.1 Å². The molecular weight excluding hydrogens is 222 g/mol. The van der Waals surface area contributed by atoms with Crippen LogP contribution in [0.3, 0.4) is 0 Å². The molecule has 1 saturated heterocycles. The van der Waals surface area contributed by atoms with Crippen LogP contribution in [0.2, 0.25) is 0 Å². The summed E-state index contributed by atoms with van der Waals surface area (Å²) in [4.78, 5) is 35.8. The van der Waals surface area contributed by atoms with Crippen molar-refractivity contribution in [2.45, 2.75) is 26.3 Å². The number of imide groups is 1. The number of hydrogen-bond acceptors (Lipinski definition) is 4. The second-order valence-electron chi connectivity index (χ2n) is 4.64. The second-order valence-corrected chi connectivity index (χ2v) is 4.64. The topological polar surface area (TPSA) is 92.5 Å². The van der Waals surface area contributed by atoms with Crippen LogP contribution in [-0.4, -0.2) is 42.3 Å². The molecule has 0 aromatic rings. The van der Waals surface area contributed by atoms with Crippen molar-refractivity contribution in [3.8, 4) is 0 Å². The Morgan fingerprint density at radius 2 is 2.12 bits per heavy atom. The maximum absolute atomic E-state index is 11.9. The summed E-state index contributed by atoms with van der Waals surface area (Å²) < 4.78 is 0. The van der Waals surface area contributed by atoms with Crippen molar-refractivity contribution < 1.29 is 14.4 Å². The number of nitrogens with one attached hydrogen (secondary N) is 1. The summed E-state index contributed by atoms with van der Waals surface area (Å²) in [5.74, 6) is -1.12. The molecule has 6 heteroatoms. The van der Waals surface area contributed by atoms with Crippen molar-refractivity contribution in [3.05, 3.63) is 0 Å². The van der Waals surface area contributed by atoms with Crippen LogP contribution in [0.1, 0.15) is 20.3 Å². The molecule has 0 radical (unpaired) electrons. The van der Waals surface area contributed by atoms with Gasteiger partial charge in [-0.1, -0.05) is 13.8 Å². The van der Waals surface area contributed by atoms with Gasteiger partial charge in [-0.25, -0.2) is 0 Å². The van der Waals surface area contributed by atoms with Gasteiger partial charge in [-0.2, -0.15) is 0 Å². The average molecular weight is 241 g/mol. The van der Waals surface area contributed by atoms with Gasteiger partial charge in [0, 0.05) is 13.6 Å². The average Bonchev–Trinajstić information content (AvgIpc) is 2.47. The lowest BCUT2D eigenvalue weighted by Gasteiger charge is -2.20. The van der Waals surface area contributed by atoms with Gasteiger partial charge in [-0.3, -0.25) is 19.3 Å². The fraction of sp³-hybridized carbons (Fsp3) is 0.727. The highest BCUT2D eigenvalue weighted by atomic mass is 16.2. The molecule has 96 valence electrons. The van der Waals surface area contributed by atoms with E-state index in [4.69, 9.17) is 5.73 Å². The Morgan fingerprint density at radius 3 is 2.47 bits per heavy atom. The van der Waals surface area contributed by atoms with Crippen molar-refractivity contribution in [2.24, 2.45) is 17.6 Å². The molecule has 0 saturated carbocycles. The standard InChI is InChI=1S/C11H19N3O3/c1-6(2)7(5-12)10(16)13-8-4-9(15)14(3)11(8)17/h6-8H,4-5,12H2,1-3H3,(H,13,16). The summed E-state index contributed by atoms with van der Waals surface area (Å²) in [5, 5.41) is 2.59. The van der Waals surface area contributed by atoms with Crippen LogP contribution >= 0.6 is 0 Å². The minimum atomic E-state index is -0.729. The van der Waals surface area contributed by atoms with E-state index < -0.39 is 6.04 Å². The van der Waals surface area contributed by atoms with Gasteiger partial charge in [0.1, 0.15) is 6.04 Å². The van der Waals surface area contributed by atoms with Gasteiger partial charge in [-0.15, -0.1) is 0 Å². The van der Waals surface area contributed by atoms with E-state index in [1.165, 1.54) is 7.05 Å². The maximum Gasteiger partial charge on any atom is 0.252 e. The predicted octanol–water partition coefficient (Wildman–Crippen LogP) is -0.909. The third kappa shape index (κ3) is 2.82. The minimum Gasteiger partial charge on any atom is -0.343 e. The summed E-state index contributed by atoms with van der Waals surface area (Å²) in [6.45, 7) is 4.02. The van der Waals surface area contributed by atoms with Gasteiger partial charge in [0.15, 0.2) is 0 Å². The molecule has 1 aliphatic heterocycles. The van der Waals surface area contributed by atoms with E-state index in [1.54, 1.807) is 0 Å². The van der Waals surface area contributed by atoms with Crippen molar-refractivity contribution >= 4 is 17.7 Å². The number of nitrogens with two attached hydrogens (primary N) is 1. The van der Waals surface area contributed by atoms with E-state index in [1.807, 2.05) is 13.8 Å². The van der Waals surface area contributed by atoms with Crippen LogP contribution < -0.4 is 11.1 Å². The van der Waals surface area contributed by atoms with Crippen LogP contribution in [0.5, 0.6) is 0 Å². The van der Waals surface area contributed by atoms with E-state index in [0.29, 0.717) is 0 Å². The first kappa shape index (κ1) is 13.6. The molecule has 6 nitrogen and oxygen atoms in total. The highest BCUT2D eigenvalue weighted by molar-refractivity contribution is 6.06. The number of nitrogens with zero attached hydrogens (tertiary/aromatic N) is 1. The molecule has 1 rings (SSSR count). The smallest absolute Gasteiger partial charge is 0.252 e. The Balaban J connectivity index is 2.64. The first-order chi connectivity index (χ1) is 7.88. The molecule has 1 heterocycles. The maximum atomic E-state index is 11.9. The zero-order chi connectivity index (χ0) is 13.2. The lowest BCUT2D eigenvalue weighted by atomic mass is 9.95. The van der Waals surface area contributed by atoms with Crippen LogP contribution in [-0.2, 0) is 14.4 Å².